The van der Waals surface area contributed by atoms with E-state index in [0.29, 0.717) is 5.92 Å². The number of aliphatic hydroxyl groups is 1. The quantitative estimate of drug-likeness (QED) is 0.792. The van der Waals surface area contributed by atoms with Crippen LogP contribution in [0, 0.1) is 11.7 Å². The van der Waals surface area contributed by atoms with Gasteiger partial charge in [0.25, 0.3) is 0 Å². The van der Waals surface area contributed by atoms with Crippen molar-refractivity contribution < 1.29 is 9.50 Å². The Hall–Kier alpha value is -0.890. The third-order valence-corrected chi connectivity index (χ3v) is 3.12. The molecule has 1 aromatic rings. The van der Waals surface area contributed by atoms with E-state index >= 15 is 0 Å². The first-order valence-corrected chi connectivity index (χ1v) is 5.52. The second kappa shape index (κ2) is 3.60. The van der Waals surface area contributed by atoms with Crippen molar-refractivity contribution in [1.82, 2.24) is 0 Å². The van der Waals surface area contributed by atoms with Gasteiger partial charge in [0, 0.05) is 0 Å². The summed E-state index contributed by atoms with van der Waals surface area (Å²) in [6.07, 6.45) is 2.27. The fourth-order valence-electron chi connectivity index (χ4n) is 2.59. The van der Waals surface area contributed by atoms with Crippen molar-refractivity contribution in [1.29, 1.82) is 0 Å². The lowest BCUT2D eigenvalue weighted by Crippen LogP contribution is -2.24. The first-order chi connectivity index (χ1) is 7.01. The topological polar surface area (TPSA) is 20.2 Å². The Balaban J connectivity index is 2.35. The van der Waals surface area contributed by atoms with Gasteiger partial charge in [0.15, 0.2) is 0 Å². The Bertz CT molecular complexity index is 373. The van der Waals surface area contributed by atoms with Gasteiger partial charge in [-0.3, -0.25) is 0 Å². The minimum atomic E-state index is -0.725. The number of aryl methyl sites for hydroxylation is 1. The van der Waals surface area contributed by atoms with E-state index in [-0.39, 0.29) is 5.82 Å². The molecule has 0 amide bonds. The van der Waals surface area contributed by atoms with Crippen molar-refractivity contribution in [2.24, 2.45) is 5.92 Å². The molecule has 2 heteroatoms. The van der Waals surface area contributed by atoms with Gasteiger partial charge in [-0.1, -0.05) is 19.9 Å². The number of fused-ring (bicyclic) bond motifs is 1. The van der Waals surface area contributed by atoms with Gasteiger partial charge in [-0.25, -0.2) is 4.39 Å². The molecule has 1 aromatic carbocycles. The third-order valence-electron chi connectivity index (χ3n) is 3.12. The Morgan fingerprint density at radius 2 is 2.20 bits per heavy atom. The molecule has 0 aromatic heterocycles. The minimum absolute atomic E-state index is 0.206. The summed E-state index contributed by atoms with van der Waals surface area (Å²) in [5.41, 5.74) is 1.17. The Morgan fingerprint density at radius 3 is 2.87 bits per heavy atom. The van der Waals surface area contributed by atoms with Crippen molar-refractivity contribution in [3.05, 3.63) is 35.1 Å². The van der Waals surface area contributed by atoms with Crippen LogP contribution in [-0.2, 0) is 12.0 Å². The average molecular weight is 208 g/mol. The highest BCUT2D eigenvalue weighted by molar-refractivity contribution is 5.37. The van der Waals surface area contributed by atoms with Gasteiger partial charge in [-0.15, -0.1) is 0 Å². The number of halogens is 1. The lowest BCUT2D eigenvalue weighted by atomic mass is 9.87. The van der Waals surface area contributed by atoms with Crippen LogP contribution >= 0.6 is 0 Å². The van der Waals surface area contributed by atoms with Crippen LogP contribution < -0.4 is 0 Å². The van der Waals surface area contributed by atoms with Gasteiger partial charge in [0.2, 0.25) is 0 Å². The number of benzene rings is 1. The smallest absolute Gasteiger partial charge is 0.123 e. The van der Waals surface area contributed by atoms with Crippen molar-refractivity contribution in [3.8, 4) is 0 Å². The fraction of sp³-hybridized carbons (Fsp3) is 0.538. The molecule has 1 nitrogen and oxygen atoms in total. The fourth-order valence-corrected chi connectivity index (χ4v) is 2.59. The van der Waals surface area contributed by atoms with Crippen LogP contribution in [0.25, 0.3) is 0 Å². The number of hydrogen-bond donors (Lipinski definition) is 1. The van der Waals surface area contributed by atoms with Crippen LogP contribution in [0.1, 0.15) is 37.8 Å². The molecule has 0 saturated heterocycles. The zero-order valence-corrected chi connectivity index (χ0v) is 9.26. The Labute approximate surface area is 89.9 Å². The summed E-state index contributed by atoms with van der Waals surface area (Å²) in [5.74, 6) is 0.244. The summed E-state index contributed by atoms with van der Waals surface area (Å²) < 4.78 is 13.0. The molecule has 15 heavy (non-hydrogen) atoms. The van der Waals surface area contributed by atoms with Gasteiger partial charge in [-0.2, -0.15) is 0 Å². The second-order valence-corrected chi connectivity index (χ2v) is 4.93. The normalized spacial score (nSPS) is 24.6. The Kier molecular flexibility index (Phi) is 2.55. The van der Waals surface area contributed by atoms with E-state index in [1.165, 1.54) is 6.07 Å². The summed E-state index contributed by atoms with van der Waals surface area (Å²) in [6.45, 7) is 4.19. The molecule has 0 heterocycles. The SMILES string of the molecule is CC(C)CC1(O)CCc2cc(F)ccc21. The lowest BCUT2D eigenvalue weighted by Gasteiger charge is -2.26. The average Bonchev–Trinajstić information content (AvgIpc) is 2.42. The maximum absolute atomic E-state index is 13.0. The van der Waals surface area contributed by atoms with E-state index in [2.05, 4.69) is 13.8 Å². The van der Waals surface area contributed by atoms with Crippen LogP contribution in [0.15, 0.2) is 18.2 Å². The van der Waals surface area contributed by atoms with E-state index < -0.39 is 5.60 Å². The maximum Gasteiger partial charge on any atom is 0.123 e. The van der Waals surface area contributed by atoms with Crippen molar-refractivity contribution >= 4 is 0 Å². The lowest BCUT2D eigenvalue weighted by molar-refractivity contribution is 0.0172. The zero-order chi connectivity index (χ0) is 11.1. The molecule has 1 aliphatic rings. The summed E-state index contributed by atoms with van der Waals surface area (Å²) in [5, 5.41) is 10.5. The zero-order valence-electron chi connectivity index (χ0n) is 9.26. The number of hydrogen-bond acceptors (Lipinski definition) is 1. The van der Waals surface area contributed by atoms with Gasteiger partial charge in [0.05, 0.1) is 5.60 Å². The molecule has 0 saturated carbocycles. The molecule has 0 radical (unpaired) electrons. The Morgan fingerprint density at radius 1 is 1.47 bits per heavy atom. The van der Waals surface area contributed by atoms with Gasteiger partial charge in [0.1, 0.15) is 5.82 Å². The van der Waals surface area contributed by atoms with Gasteiger partial charge < -0.3 is 5.11 Å². The van der Waals surface area contributed by atoms with E-state index in [4.69, 9.17) is 0 Å². The predicted octanol–water partition coefficient (Wildman–Crippen LogP) is 3.01. The molecule has 1 unspecified atom stereocenters. The summed E-state index contributed by atoms with van der Waals surface area (Å²) in [6, 6.07) is 4.73. The van der Waals surface area contributed by atoms with Crippen molar-refractivity contribution in [2.75, 3.05) is 0 Å². The van der Waals surface area contributed by atoms with E-state index in [9.17, 15) is 9.50 Å². The summed E-state index contributed by atoms with van der Waals surface area (Å²) >= 11 is 0. The molecule has 82 valence electrons. The van der Waals surface area contributed by atoms with Crippen LogP contribution in [0.5, 0.6) is 0 Å². The second-order valence-electron chi connectivity index (χ2n) is 4.93. The summed E-state index contributed by atoms with van der Waals surface area (Å²) in [4.78, 5) is 0. The minimum Gasteiger partial charge on any atom is -0.385 e. The molecular formula is C13H17FO. The highest BCUT2D eigenvalue weighted by Crippen LogP contribution is 2.41. The molecular weight excluding hydrogens is 191 g/mol. The number of rotatable bonds is 2. The highest BCUT2D eigenvalue weighted by atomic mass is 19.1. The van der Waals surface area contributed by atoms with Crippen LogP contribution in [0.4, 0.5) is 4.39 Å². The first kappa shape index (κ1) is 10.6. The van der Waals surface area contributed by atoms with Crippen molar-refractivity contribution in [3.63, 3.8) is 0 Å². The maximum atomic E-state index is 13.0. The molecule has 1 atom stereocenters. The molecule has 0 spiro atoms. The predicted molar refractivity (Wildman–Crippen MR) is 58.1 cm³/mol. The van der Waals surface area contributed by atoms with E-state index in [1.54, 1.807) is 12.1 Å². The standard InChI is InChI=1S/C13H17FO/c1-9(2)8-13(15)6-5-10-7-11(14)3-4-12(10)13/h3-4,7,9,15H,5-6,8H2,1-2H3. The highest BCUT2D eigenvalue weighted by Gasteiger charge is 2.36. The van der Waals surface area contributed by atoms with Crippen LogP contribution in [0.3, 0.4) is 0 Å². The molecule has 0 bridgehead atoms. The van der Waals surface area contributed by atoms with Gasteiger partial charge >= 0.3 is 0 Å². The van der Waals surface area contributed by atoms with Gasteiger partial charge in [-0.05, 0) is 48.4 Å². The third kappa shape index (κ3) is 1.91. The molecule has 0 aliphatic heterocycles. The molecule has 0 fully saturated rings. The van der Waals surface area contributed by atoms with E-state index in [1.807, 2.05) is 0 Å². The van der Waals surface area contributed by atoms with Crippen LogP contribution in [0.2, 0.25) is 0 Å². The monoisotopic (exact) mass is 208 g/mol. The first-order valence-electron chi connectivity index (χ1n) is 5.52. The van der Waals surface area contributed by atoms with E-state index in [0.717, 1.165) is 30.4 Å². The van der Waals surface area contributed by atoms with Crippen LogP contribution in [-0.4, -0.2) is 5.11 Å². The largest absolute Gasteiger partial charge is 0.385 e. The molecule has 2 rings (SSSR count). The molecule has 1 N–H and O–H groups in total. The molecule has 1 aliphatic carbocycles. The summed E-state index contributed by atoms with van der Waals surface area (Å²) in [7, 11) is 0. The van der Waals surface area contributed by atoms with Crippen molar-refractivity contribution in [2.45, 2.75) is 38.7 Å².